The first-order valence-electron chi connectivity index (χ1n) is 10.6. The van der Waals surface area contributed by atoms with Crippen LogP contribution in [-0.2, 0) is 0 Å². The van der Waals surface area contributed by atoms with Gasteiger partial charge in [-0.15, -0.1) is 0 Å². The Morgan fingerprint density at radius 3 is 2.74 bits per heavy atom. The topological polar surface area (TPSA) is 130 Å². The van der Waals surface area contributed by atoms with E-state index in [1.165, 1.54) is 11.2 Å². The standard InChI is InChI=1S/C25H20N8O/c26-11-9-22(32-15-18(14-31-32)23-21-10-12-28-24(21)30-16-29-23)17-5-4-8-20(13-17)33(25(27)34)19-6-2-1-3-7-19/h1-8,10,12-16,22H,9H2,(H2,27,34)(H,28,29,30). The van der Waals surface area contributed by atoms with Crippen LogP contribution in [0.4, 0.5) is 16.2 Å². The van der Waals surface area contributed by atoms with E-state index in [9.17, 15) is 10.1 Å². The largest absolute Gasteiger partial charge is 0.351 e. The van der Waals surface area contributed by atoms with Crippen LogP contribution in [0.2, 0.25) is 0 Å². The number of benzene rings is 2. The van der Waals surface area contributed by atoms with Crippen LogP contribution in [0.3, 0.4) is 0 Å². The van der Waals surface area contributed by atoms with E-state index in [1.807, 2.05) is 73.1 Å². The number of amides is 2. The number of H-pyrrole nitrogens is 1. The van der Waals surface area contributed by atoms with Crippen molar-refractivity contribution in [2.24, 2.45) is 5.73 Å². The van der Waals surface area contributed by atoms with Gasteiger partial charge in [-0.3, -0.25) is 9.58 Å². The van der Waals surface area contributed by atoms with Gasteiger partial charge in [0.05, 0.1) is 41.8 Å². The lowest BCUT2D eigenvalue weighted by Crippen LogP contribution is -2.31. The molecule has 0 saturated heterocycles. The molecular formula is C25H20N8O. The third-order valence-corrected chi connectivity index (χ3v) is 5.58. The molecule has 1 unspecified atom stereocenters. The number of nitrogens with one attached hydrogen (secondary N) is 1. The molecule has 166 valence electrons. The van der Waals surface area contributed by atoms with Crippen LogP contribution < -0.4 is 10.6 Å². The van der Waals surface area contributed by atoms with Crippen LogP contribution in [-0.4, -0.2) is 30.8 Å². The molecule has 3 heterocycles. The van der Waals surface area contributed by atoms with E-state index in [2.05, 4.69) is 26.1 Å². The van der Waals surface area contributed by atoms with Gasteiger partial charge in [-0.05, 0) is 35.9 Å². The summed E-state index contributed by atoms with van der Waals surface area (Å²) < 4.78 is 1.75. The Hall–Kier alpha value is -4.97. The minimum atomic E-state index is -0.596. The molecule has 3 aromatic heterocycles. The first kappa shape index (κ1) is 20.9. The molecule has 0 radical (unpaired) electrons. The van der Waals surface area contributed by atoms with Crippen molar-refractivity contribution in [3.63, 3.8) is 0 Å². The maximum absolute atomic E-state index is 12.3. The highest BCUT2D eigenvalue weighted by Crippen LogP contribution is 2.31. The Morgan fingerprint density at radius 2 is 1.94 bits per heavy atom. The van der Waals surface area contributed by atoms with Gasteiger partial charge in [0, 0.05) is 23.3 Å². The molecule has 0 fully saturated rings. The van der Waals surface area contributed by atoms with E-state index in [0.29, 0.717) is 11.4 Å². The Kier molecular flexibility index (Phi) is 5.46. The number of para-hydroxylation sites is 1. The van der Waals surface area contributed by atoms with Gasteiger partial charge in [0.15, 0.2) is 0 Å². The zero-order chi connectivity index (χ0) is 23.5. The quantitative estimate of drug-likeness (QED) is 0.394. The number of hydrogen-bond acceptors (Lipinski definition) is 5. The number of aromatic amines is 1. The smallest absolute Gasteiger partial charge is 0.323 e. The van der Waals surface area contributed by atoms with Crippen molar-refractivity contribution < 1.29 is 4.79 Å². The minimum absolute atomic E-state index is 0.190. The second-order valence-electron chi connectivity index (χ2n) is 7.65. The first-order valence-corrected chi connectivity index (χ1v) is 10.6. The van der Waals surface area contributed by atoms with Crippen LogP contribution in [0.15, 0.2) is 85.6 Å². The summed E-state index contributed by atoms with van der Waals surface area (Å²) in [4.78, 5) is 25.5. The normalized spacial score (nSPS) is 11.7. The average Bonchev–Trinajstić information content (AvgIpc) is 3.53. The molecule has 1 atom stereocenters. The summed E-state index contributed by atoms with van der Waals surface area (Å²) in [6.07, 6.45) is 7.10. The average molecular weight is 448 g/mol. The zero-order valence-corrected chi connectivity index (χ0v) is 18.0. The van der Waals surface area contributed by atoms with Gasteiger partial charge in [0.2, 0.25) is 0 Å². The Morgan fingerprint density at radius 1 is 1.12 bits per heavy atom. The molecule has 0 spiro atoms. The third kappa shape index (κ3) is 3.84. The lowest BCUT2D eigenvalue weighted by molar-refractivity contribution is 0.256. The van der Waals surface area contributed by atoms with E-state index in [-0.39, 0.29) is 12.5 Å². The number of anilines is 2. The molecule has 0 aliphatic heterocycles. The maximum Gasteiger partial charge on any atom is 0.323 e. The van der Waals surface area contributed by atoms with Crippen molar-refractivity contribution in [3.8, 4) is 17.3 Å². The maximum atomic E-state index is 12.3. The van der Waals surface area contributed by atoms with Gasteiger partial charge in [-0.25, -0.2) is 14.8 Å². The number of nitrogens with two attached hydrogens (primary N) is 1. The number of aromatic nitrogens is 5. The van der Waals surface area contributed by atoms with Gasteiger partial charge < -0.3 is 10.7 Å². The van der Waals surface area contributed by atoms with E-state index < -0.39 is 6.03 Å². The summed E-state index contributed by atoms with van der Waals surface area (Å²) in [5.41, 5.74) is 10.1. The van der Waals surface area contributed by atoms with Crippen molar-refractivity contribution in [3.05, 3.63) is 91.1 Å². The molecule has 0 aliphatic carbocycles. The van der Waals surface area contributed by atoms with Crippen LogP contribution in [0.25, 0.3) is 22.3 Å². The lowest BCUT2D eigenvalue weighted by atomic mass is 10.0. The Labute approximate surface area is 195 Å². The number of nitrogens with zero attached hydrogens (tertiary/aromatic N) is 6. The Bertz CT molecular complexity index is 1500. The number of hydrogen-bond donors (Lipinski definition) is 2. The molecule has 0 saturated carbocycles. The molecule has 9 nitrogen and oxygen atoms in total. The van der Waals surface area contributed by atoms with E-state index in [0.717, 1.165) is 27.9 Å². The van der Waals surface area contributed by atoms with Gasteiger partial charge in [-0.2, -0.15) is 10.4 Å². The predicted molar refractivity (Wildman–Crippen MR) is 128 cm³/mol. The molecule has 2 amide bonds. The highest BCUT2D eigenvalue weighted by Gasteiger charge is 2.20. The minimum Gasteiger partial charge on any atom is -0.351 e. The highest BCUT2D eigenvalue weighted by molar-refractivity contribution is 5.98. The number of carbonyl (C=O) groups is 1. The van der Waals surface area contributed by atoms with E-state index in [4.69, 9.17) is 5.73 Å². The van der Waals surface area contributed by atoms with Crippen molar-refractivity contribution >= 4 is 28.4 Å². The SMILES string of the molecule is N#CCC(c1cccc(N(C(N)=O)c2ccccc2)c1)n1cc(-c2ncnc3[nH]ccc23)cn1. The summed E-state index contributed by atoms with van der Waals surface area (Å²) in [5, 5.41) is 15.0. The number of rotatable bonds is 6. The third-order valence-electron chi connectivity index (χ3n) is 5.58. The monoisotopic (exact) mass is 448 g/mol. The zero-order valence-electron chi connectivity index (χ0n) is 18.0. The fraction of sp³-hybridized carbons (Fsp3) is 0.0800. The first-order chi connectivity index (χ1) is 16.7. The van der Waals surface area contributed by atoms with E-state index in [1.54, 1.807) is 10.9 Å². The van der Waals surface area contributed by atoms with Crippen molar-refractivity contribution in [2.45, 2.75) is 12.5 Å². The number of fused-ring (bicyclic) bond motifs is 1. The predicted octanol–water partition coefficient (Wildman–Crippen LogP) is 4.54. The lowest BCUT2D eigenvalue weighted by Gasteiger charge is -2.23. The van der Waals surface area contributed by atoms with Crippen LogP contribution in [0.5, 0.6) is 0 Å². The number of primary amides is 1. The van der Waals surface area contributed by atoms with Gasteiger partial charge in [0.25, 0.3) is 0 Å². The van der Waals surface area contributed by atoms with Gasteiger partial charge >= 0.3 is 6.03 Å². The van der Waals surface area contributed by atoms with Crippen LogP contribution in [0, 0.1) is 11.3 Å². The van der Waals surface area contributed by atoms with Gasteiger partial charge in [0.1, 0.15) is 12.0 Å². The molecule has 3 N–H and O–H groups in total. The fourth-order valence-corrected chi connectivity index (χ4v) is 4.04. The van der Waals surface area contributed by atoms with Crippen molar-refractivity contribution in [1.29, 1.82) is 5.26 Å². The number of urea groups is 1. The summed E-state index contributed by atoms with van der Waals surface area (Å²) in [5.74, 6) is 0. The van der Waals surface area contributed by atoms with Crippen LogP contribution in [0.1, 0.15) is 18.0 Å². The molecule has 9 heteroatoms. The second-order valence-corrected chi connectivity index (χ2v) is 7.65. The summed E-state index contributed by atoms with van der Waals surface area (Å²) in [6.45, 7) is 0. The molecule has 2 aromatic carbocycles. The Balaban J connectivity index is 1.53. The van der Waals surface area contributed by atoms with Crippen molar-refractivity contribution in [2.75, 3.05) is 4.90 Å². The molecule has 0 aliphatic rings. The number of carbonyl (C=O) groups excluding carboxylic acids is 1. The molecule has 34 heavy (non-hydrogen) atoms. The van der Waals surface area contributed by atoms with Gasteiger partial charge in [-0.1, -0.05) is 30.3 Å². The molecule has 5 rings (SSSR count). The molecule has 5 aromatic rings. The second kappa shape index (κ2) is 8.88. The highest BCUT2D eigenvalue weighted by atomic mass is 16.2. The molecular weight excluding hydrogens is 428 g/mol. The van der Waals surface area contributed by atoms with Crippen LogP contribution >= 0.6 is 0 Å². The molecule has 0 bridgehead atoms. The summed E-state index contributed by atoms with van der Waals surface area (Å²) in [6, 6.07) is 19.8. The summed E-state index contributed by atoms with van der Waals surface area (Å²) in [7, 11) is 0. The summed E-state index contributed by atoms with van der Waals surface area (Å²) >= 11 is 0. The number of nitriles is 1. The fourth-order valence-electron chi connectivity index (χ4n) is 4.04. The van der Waals surface area contributed by atoms with E-state index >= 15 is 0 Å². The van der Waals surface area contributed by atoms with Crippen molar-refractivity contribution in [1.82, 2.24) is 24.7 Å².